The van der Waals surface area contributed by atoms with Crippen LogP contribution >= 0.6 is 0 Å². The second-order valence-electron chi connectivity index (χ2n) is 13.6. The van der Waals surface area contributed by atoms with E-state index in [0.717, 1.165) is 33.6 Å². The number of aromatic nitrogens is 2. The fourth-order valence-corrected chi connectivity index (χ4v) is 7.91. The minimum Gasteiger partial charge on any atom is -0.259 e. The summed E-state index contributed by atoms with van der Waals surface area (Å²) in [5.41, 5.74) is 14.4. The highest BCUT2D eigenvalue weighted by molar-refractivity contribution is 6.22. The Hall–Kier alpha value is -6.88. The molecule has 4 heteroatoms. The largest absolute Gasteiger partial charge is 0.259 e. The molecule has 2 heterocycles. The van der Waals surface area contributed by atoms with Crippen molar-refractivity contribution in [3.05, 3.63) is 174 Å². The first-order chi connectivity index (χ1) is 24.9. The molecular weight excluding hydrogens is 621 g/mol. The second kappa shape index (κ2) is 11.6. The van der Waals surface area contributed by atoms with Crippen molar-refractivity contribution in [2.75, 3.05) is 0 Å². The van der Waals surface area contributed by atoms with Gasteiger partial charge in [0.2, 0.25) is 0 Å². The Morgan fingerprint density at radius 3 is 1.73 bits per heavy atom. The molecule has 1 aliphatic rings. The van der Waals surface area contributed by atoms with Crippen LogP contribution < -0.4 is 0 Å². The molecule has 0 unspecified atom stereocenters. The molecule has 0 radical (unpaired) electrons. The molecule has 0 amide bonds. The van der Waals surface area contributed by atoms with Crippen LogP contribution in [0.5, 0.6) is 0 Å². The maximum absolute atomic E-state index is 9.46. The first kappa shape index (κ1) is 30.2. The number of hydrogen-bond acceptors (Lipinski definition) is 3. The third kappa shape index (κ3) is 4.81. The fraction of sp³-hybridized carbons (Fsp3) is 0.0638. The van der Waals surface area contributed by atoms with Crippen molar-refractivity contribution in [3.8, 4) is 62.0 Å². The first-order valence-electron chi connectivity index (χ1n) is 17.0. The molecule has 238 valence electrons. The SMILES string of the molecule is [C-]#[N+]c1ccnc(-c2ccc(-c3c4ccccc4c(-c4ccc(-c5cc(C#N)ccn5)cc4)c4cc5c(cc34)-c3ccccc3C5(C)C)cc2)c1. The molecule has 8 aromatic rings. The van der Waals surface area contributed by atoms with Crippen LogP contribution in [0.4, 0.5) is 5.69 Å². The molecule has 6 aromatic carbocycles. The summed E-state index contributed by atoms with van der Waals surface area (Å²) in [7, 11) is 0. The van der Waals surface area contributed by atoms with Crippen LogP contribution in [0.3, 0.4) is 0 Å². The van der Waals surface area contributed by atoms with Crippen LogP contribution in [0.1, 0.15) is 30.5 Å². The number of nitriles is 1. The summed E-state index contributed by atoms with van der Waals surface area (Å²) in [4.78, 5) is 12.7. The Kier molecular flexibility index (Phi) is 6.88. The summed E-state index contributed by atoms with van der Waals surface area (Å²) in [6, 6.07) is 48.9. The first-order valence-corrected chi connectivity index (χ1v) is 17.0. The minimum atomic E-state index is -0.154. The van der Waals surface area contributed by atoms with Crippen LogP contribution in [0.15, 0.2) is 146 Å². The standard InChI is InChI=1S/C47H30N4/c1-47(2)41-11-7-6-8-35(41)38-26-39-40(27-42(38)47)46(33-16-12-30(13-17-33)43-24-29(28-48)20-22-50-43)37-10-5-4-9-36(37)45(39)32-18-14-31(15-19-32)44-25-34(49-3)21-23-51-44/h4-27H,1-2H3. The molecule has 0 fully saturated rings. The molecule has 9 rings (SSSR count). The molecule has 4 nitrogen and oxygen atoms in total. The molecule has 0 spiro atoms. The third-order valence-corrected chi connectivity index (χ3v) is 10.4. The number of benzene rings is 6. The van der Waals surface area contributed by atoms with E-state index in [1.807, 2.05) is 12.1 Å². The average molecular weight is 651 g/mol. The van der Waals surface area contributed by atoms with Crippen molar-refractivity contribution in [2.24, 2.45) is 0 Å². The fourth-order valence-electron chi connectivity index (χ4n) is 7.91. The van der Waals surface area contributed by atoms with Crippen molar-refractivity contribution in [1.29, 1.82) is 5.26 Å². The Labute approximate surface area is 296 Å². The molecule has 0 atom stereocenters. The second-order valence-corrected chi connectivity index (χ2v) is 13.6. The number of nitrogens with zero attached hydrogens (tertiary/aromatic N) is 4. The zero-order chi connectivity index (χ0) is 34.7. The molecule has 0 saturated carbocycles. The van der Waals surface area contributed by atoms with Gasteiger partial charge in [0, 0.05) is 23.4 Å². The van der Waals surface area contributed by atoms with E-state index in [1.165, 1.54) is 54.9 Å². The smallest absolute Gasteiger partial charge is 0.190 e. The van der Waals surface area contributed by atoms with E-state index in [1.54, 1.807) is 24.5 Å². The van der Waals surface area contributed by atoms with E-state index in [9.17, 15) is 5.26 Å². The van der Waals surface area contributed by atoms with E-state index in [-0.39, 0.29) is 5.41 Å². The summed E-state index contributed by atoms with van der Waals surface area (Å²) in [6.07, 6.45) is 3.39. The quantitative estimate of drug-likeness (QED) is 0.141. The van der Waals surface area contributed by atoms with Crippen LogP contribution in [0.25, 0.3) is 82.3 Å². The number of fused-ring (bicyclic) bond motifs is 5. The topological polar surface area (TPSA) is 53.9 Å². The minimum absolute atomic E-state index is 0.154. The molecule has 1 aliphatic carbocycles. The highest BCUT2D eigenvalue weighted by Crippen LogP contribution is 2.53. The van der Waals surface area contributed by atoms with Crippen molar-refractivity contribution < 1.29 is 0 Å². The van der Waals surface area contributed by atoms with Gasteiger partial charge in [-0.05, 0) is 108 Å². The van der Waals surface area contributed by atoms with Crippen molar-refractivity contribution in [1.82, 2.24) is 9.97 Å². The summed E-state index contributed by atoms with van der Waals surface area (Å²) in [5, 5.41) is 14.2. The lowest BCUT2D eigenvalue weighted by molar-refractivity contribution is 0.661. The van der Waals surface area contributed by atoms with E-state index in [2.05, 4.69) is 144 Å². The van der Waals surface area contributed by atoms with Gasteiger partial charge < -0.3 is 0 Å². The maximum Gasteiger partial charge on any atom is 0.190 e. The van der Waals surface area contributed by atoms with Gasteiger partial charge in [-0.3, -0.25) is 9.97 Å². The van der Waals surface area contributed by atoms with E-state index < -0.39 is 0 Å². The molecule has 2 aromatic heterocycles. The maximum atomic E-state index is 9.46. The molecule has 0 bridgehead atoms. The van der Waals surface area contributed by atoms with Crippen LogP contribution in [-0.2, 0) is 5.41 Å². The molecular formula is C47H30N4. The summed E-state index contributed by atoms with van der Waals surface area (Å²) < 4.78 is 0. The summed E-state index contributed by atoms with van der Waals surface area (Å²) in [6.45, 7) is 12.1. The van der Waals surface area contributed by atoms with Crippen molar-refractivity contribution in [2.45, 2.75) is 19.3 Å². The van der Waals surface area contributed by atoms with Gasteiger partial charge >= 0.3 is 0 Å². The van der Waals surface area contributed by atoms with Crippen LogP contribution in [0.2, 0.25) is 0 Å². The van der Waals surface area contributed by atoms with Gasteiger partial charge in [0.15, 0.2) is 5.69 Å². The highest BCUT2D eigenvalue weighted by atomic mass is 14.7. The van der Waals surface area contributed by atoms with E-state index in [4.69, 9.17) is 6.57 Å². The molecule has 0 N–H and O–H groups in total. The normalized spacial score (nSPS) is 12.6. The average Bonchev–Trinajstić information content (AvgIpc) is 3.41. The van der Waals surface area contributed by atoms with Crippen molar-refractivity contribution >= 4 is 27.2 Å². The number of rotatable bonds is 4. The highest BCUT2D eigenvalue weighted by Gasteiger charge is 2.36. The van der Waals surface area contributed by atoms with Crippen molar-refractivity contribution in [3.63, 3.8) is 0 Å². The Morgan fingerprint density at radius 1 is 0.549 bits per heavy atom. The van der Waals surface area contributed by atoms with Gasteiger partial charge in [-0.25, -0.2) is 4.85 Å². The lowest BCUT2D eigenvalue weighted by Crippen LogP contribution is -2.14. The van der Waals surface area contributed by atoms with E-state index in [0.29, 0.717) is 11.3 Å². The Bertz CT molecular complexity index is 2780. The van der Waals surface area contributed by atoms with Gasteiger partial charge in [-0.15, -0.1) is 0 Å². The zero-order valence-corrected chi connectivity index (χ0v) is 28.1. The van der Waals surface area contributed by atoms with Gasteiger partial charge in [0.05, 0.1) is 29.6 Å². The summed E-state index contributed by atoms with van der Waals surface area (Å²) >= 11 is 0. The predicted molar refractivity (Wildman–Crippen MR) is 207 cm³/mol. The predicted octanol–water partition coefficient (Wildman–Crippen LogP) is 12.2. The molecule has 0 aliphatic heterocycles. The van der Waals surface area contributed by atoms with Gasteiger partial charge in [-0.1, -0.05) is 111 Å². The molecule has 51 heavy (non-hydrogen) atoms. The van der Waals surface area contributed by atoms with Gasteiger partial charge in [0.1, 0.15) is 0 Å². The molecule has 0 saturated heterocycles. The van der Waals surface area contributed by atoms with Crippen LogP contribution in [0, 0.1) is 17.9 Å². The van der Waals surface area contributed by atoms with Gasteiger partial charge in [0.25, 0.3) is 0 Å². The third-order valence-electron chi connectivity index (χ3n) is 10.4. The number of pyridine rings is 2. The Morgan fingerprint density at radius 2 is 1.10 bits per heavy atom. The number of hydrogen-bond donors (Lipinski definition) is 0. The lowest BCUT2D eigenvalue weighted by atomic mass is 9.79. The monoisotopic (exact) mass is 650 g/mol. The van der Waals surface area contributed by atoms with E-state index >= 15 is 0 Å². The van der Waals surface area contributed by atoms with Gasteiger partial charge in [-0.2, -0.15) is 5.26 Å². The van der Waals surface area contributed by atoms with Crippen LogP contribution in [-0.4, -0.2) is 9.97 Å². The Balaban J connectivity index is 1.31. The summed E-state index contributed by atoms with van der Waals surface area (Å²) in [5.74, 6) is 0. The lowest BCUT2D eigenvalue weighted by Gasteiger charge is -2.24. The zero-order valence-electron chi connectivity index (χ0n) is 28.1.